The number of benzene rings is 3. The molecule has 2 heterocycles. The van der Waals surface area contributed by atoms with Crippen molar-refractivity contribution in [2.24, 2.45) is 0 Å². The van der Waals surface area contributed by atoms with E-state index >= 15 is 0 Å². The molecule has 0 bridgehead atoms. The van der Waals surface area contributed by atoms with Crippen LogP contribution in [0.15, 0.2) is 71.5 Å². The summed E-state index contributed by atoms with van der Waals surface area (Å²) in [6.07, 6.45) is 4.83. The molecule has 0 spiro atoms. The first-order valence-electron chi connectivity index (χ1n) is 15.5. The standard InChI is InChI=1S/C35H40F2N4O4/c1-3-5-10-41-11-13-44-33-29(35-39-9-12-45-35)18-26(19-31(33)41)34(43)40-30(17-25-15-27(36)20-28(37)16-25)32(42)22-38-21-24-8-6-7-23(4-2)14-24/h6-9,12,14-16,18-20,30,32,38,42H,3-5,10-11,13,17,21-22H2,1-2H3,(H,40,43)/t30-,32-/m1/s1. The number of halogens is 2. The molecule has 0 unspecified atom stereocenters. The lowest BCUT2D eigenvalue weighted by Crippen LogP contribution is -2.48. The second-order valence-electron chi connectivity index (χ2n) is 11.3. The van der Waals surface area contributed by atoms with Crippen LogP contribution in [0.25, 0.3) is 11.5 Å². The molecule has 1 aromatic heterocycles. The summed E-state index contributed by atoms with van der Waals surface area (Å²) in [7, 11) is 0. The number of aromatic nitrogens is 1. The van der Waals surface area contributed by atoms with E-state index in [1.165, 1.54) is 30.2 Å². The number of hydrogen-bond donors (Lipinski definition) is 3. The zero-order chi connectivity index (χ0) is 31.8. The van der Waals surface area contributed by atoms with Crippen molar-refractivity contribution in [3.8, 4) is 17.2 Å². The van der Waals surface area contributed by atoms with Crippen LogP contribution in [0.5, 0.6) is 5.75 Å². The lowest BCUT2D eigenvalue weighted by atomic mass is 9.99. The van der Waals surface area contributed by atoms with Crippen LogP contribution in [0.1, 0.15) is 53.7 Å². The molecule has 8 nitrogen and oxygen atoms in total. The molecule has 10 heteroatoms. The smallest absolute Gasteiger partial charge is 0.251 e. The summed E-state index contributed by atoms with van der Waals surface area (Å²) in [5.74, 6) is -0.990. The summed E-state index contributed by atoms with van der Waals surface area (Å²) in [6, 6.07) is 13.9. The monoisotopic (exact) mass is 618 g/mol. The maximum Gasteiger partial charge on any atom is 0.251 e. The van der Waals surface area contributed by atoms with E-state index in [1.54, 1.807) is 12.1 Å². The third-order valence-corrected chi connectivity index (χ3v) is 7.97. The molecule has 5 rings (SSSR count). The fourth-order valence-electron chi connectivity index (χ4n) is 5.59. The number of fused-ring (bicyclic) bond motifs is 1. The highest BCUT2D eigenvalue weighted by molar-refractivity contribution is 5.98. The minimum absolute atomic E-state index is 0.0118. The largest absolute Gasteiger partial charge is 0.489 e. The molecule has 0 saturated carbocycles. The zero-order valence-corrected chi connectivity index (χ0v) is 25.7. The average molecular weight is 619 g/mol. The number of aryl methyl sites for hydroxylation is 1. The quantitative estimate of drug-likeness (QED) is 0.167. The molecule has 1 amide bonds. The molecule has 0 fully saturated rings. The van der Waals surface area contributed by atoms with Crippen molar-refractivity contribution >= 4 is 11.6 Å². The Morgan fingerprint density at radius 1 is 1.07 bits per heavy atom. The molecular weight excluding hydrogens is 578 g/mol. The van der Waals surface area contributed by atoms with Gasteiger partial charge in [0.2, 0.25) is 5.89 Å². The van der Waals surface area contributed by atoms with E-state index in [1.807, 2.05) is 12.1 Å². The number of carbonyl (C=O) groups is 1. The number of ether oxygens (including phenoxy) is 1. The van der Waals surface area contributed by atoms with Crippen LogP contribution in [0.2, 0.25) is 0 Å². The summed E-state index contributed by atoms with van der Waals surface area (Å²) >= 11 is 0. The Balaban J connectivity index is 1.40. The van der Waals surface area contributed by atoms with Gasteiger partial charge in [-0.1, -0.05) is 44.5 Å². The minimum Gasteiger partial charge on any atom is -0.489 e. The molecule has 3 aromatic carbocycles. The first-order valence-corrected chi connectivity index (χ1v) is 15.5. The number of hydrogen-bond acceptors (Lipinski definition) is 7. The van der Waals surface area contributed by atoms with Crippen LogP contribution in [0.3, 0.4) is 0 Å². The third kappa shape index (κ3) is 8.26. The van der Waals surface area contributed by atoms with Crippen molar-refractivity contribution < 1.29 is 27.8 Å². The van der Waals surface area contributed by atoms with Crippen molar-refractivity contribution in [2.45, 2.75) is 58.2 Å². The first kappa shape index (κ1) is 32.1. The van der Waals surface area contributed by atoms with Gasteiger partial charge < -0.3 is 29.8 Å². The SMILES string of the molecule is CCCCN1CCOc2c(-c3ncco3)cc(C(=O)N[C@H](Cc3cc(F)cc(F)c3)[C@H](O)CNCc3cccc(CC)c3)cc21. The van der Waals surface area contributed by atoms with Crippen LogP contribution < -0.4 is 20.3 Å². The number of amides is 1. The van der Waals surface area contributed by atoms with Crippen molar-refractivity contribution in [3.63, 3.8) is 0 Å². The molecule has 238 valence electrons. The van der Waals surface area contributed by atoms with Crippen molar-refractivity contribution in [1.82, 2.24) is 15.6 Å². The summed E-state index contributed by atoms with van der Waals surface area (Å²) in [5, 5.41) is 17.5. The fourth-order valence-corrected chi connectivity index (χ4v) is 5.59. The van der Waals surface area contributed by atoms with Gasteiger partial charge in [-0.15, -0.1) is 0 Å². The second kappa shape index (κ2) is 15.1. The normalized spacial score (nSPS) is 14.0. The Morgan fingerprint density at radius 2 is 1.87 bits per heavy atom. The van der Waals surface area contributed by atoms with E-state index in [4.69, 9.17) is 9.15 Å². The molecule has 45 heavy (non-hydrogen) atoms. The van der Waals surface area contributed by atoms with Gasteiger partial charge in [-0.2, -0.15) is 0 Å². The van der Waals surface area contributed by atoms with Crippen molar-refractivity contribution in [1.29, 1.82) is 0 Å². The van der Waals surface area contributed by atoms with Gasteiger partial charge in [0.1, 0.15) is 24.5 Å². The molecule has 0 aliphatic carbocycles. The summed E-state index contributed by atoms with van der Waals surface area (Å²) in [5.41, 5.74) is 4.22. The number of aliphatic hydroxyl groups excluding tert-OH is 1. The second-order valence-corrected chi connectivity index (χ2v) is 11.3. The molecule has 2 atom stereocenters. The van der Waals surface area contributed by atoms with Gasteiger partial charge in [0.15, 0.2) is 5.75 Å². The number of nitrogens with one attached hydrogen (secondary N) is 2. The van der Waals surface area contributed by atoms with Crippen LogP contribution in [0, 0.1) is 11.6 Å². The van der Waals surface area contributed by atoms with Gasteiger partial charge in [0.05, 0.1) is 36.1 Å². The predicted molar refractivity (Wildman–Crippen MR) is 169 cm³/mol. The maximum atomic E-state index is 14.1. The molecule has 0 radical (unpaired) electrons. The van der Waals surface area contributed by atoms with Crippen molar-refractivity contribution in [3.05, 3.63) is 101 Å². The lowest BCUT2D eigenvalue weighted by Gasteiger charge is -2.33. The number of carbonyl (C=O) groups excluding carboxylic acids is 1. The highest BCUT2D eigenvalue weighted by Gasteiger charge is 2.28. The zero-order valence-electron chi connectivity index (χ0n) is 25.7. The summed E-state index contributed by atoms with van der Waals surface area (Å²) in [6.45, 7) is 6.82. The van der Waals surface area contributed by atoms with Crippen LogP contribution in [0.4, 0.5) is 14.5 Å². The fraction of sp³-hybridized carbons (Fsp3) is 0.371. The topological polar surface area (TPSA) is 99.9 Å². The van der Waals surface area contributed by atoms with Gasteiger partial charge in [0.25, 0.3) is 5.91 Å². The molecule has 4 aromatic rings. The molecule has 1 aliphatic heterocycles. The van der Waals surface area contributed by atoms with Crippen LogP contribution in [-0.2, 0) is 19.4 Å². The summed E-state index contributed by atoms with van der Waals surface area (Å²) in [4.78, 5) is 20.4. The van der Waals surface area contributed by atoms with E-state index in [0.717, 1.165) is 43.1 Å². The van der Waals surface area contributed by atoms with E-state index in [2.05, 4.69) is 46.5 Å². The van der Waals surface area contributed by atoms with Gasteiger partial charge in [-0.05, 0) is 60.2 Å². The average Bonchev–Trinajstić information content (AvgIpc) is 3.57. The molecule has 3 N–H and O–H groups in total. The third-order valence-electron chi connectivity index (χ3n) is 7.97. The summed E-state index contributed by atoms with van der Waals surface area (Å²) < 4.78 is 39.8. The minimum atomic E-state index is -1.07. The van der Waals surface area contributed by atoms with Crippen LogP contribution in [-0.4, -0.2) is 54.4 Å². The molecule has 1 aliphatic rings. The van der Waals surface area contributed by atoms with Gasteiger partial charge in [-0.3, -0.25) is 4.79 Å². The number of nitrogens with zero attached hydrogens (tertiary/aromatic N) is 2. The van der Waals surface area contributed by atoms with Crippen LogP contribution >= 0.6 is 0 Å². The highest BCUT2D eigenvalue weighted by Crippen LogP contribution is 2.41. The van der Waals surface area contributed by atoms with E-state index < -0.39 is 29.7 Å². The highest BCUT2D eigenvalue weighted by atomic mass is 19.1. The van der Waals surface area contributed by atoms with Crippen molar-refractivity contribution in [2.75, 3.05) is 31.1 Å². The van der Waals surface area contributed by atoms with E-state index in [9.17, 15) is 18.7 Å². The Kier molecular flexibility index (Phi) is 10.8. The number of oxazole rings is 1. The Hall–Kier alpha value is -4.28. The van der Waals surface area contributed by atoms with Gasteiger partial charge >= 0.3 is 0 Å². The Labute approximate surface area is 262 Å². The lowest BCUT2D eigenvalue weighted by molar-refractivity contribution is 0.0830. The predicted octanol–water partition coefficient (Wildman–Crippen LogP) is 5.67. The first-order chi connectivity index (χ1) is 21.8. The number of rotatable bonds is 14. The maximum absolute atomic E-state index is 14.1. The van der Waals surface area contributed by atoms with Gasteiger partial charge in [0, 0.05) is 31.3 Å². The number of anilines is 1. The molecular formula is C35H40F2N4O4. The van der Waals surface area contributed by atoms with E-state index in [0.29, 0.717) is 48.0 Å². The Bertz CT molecular complexity index is 1560. The Morgan fingerprint density at radius 3 is 2.60 bits per heavy atom. The van der Waals surface area contributed by atoms with E-state index in [-0.39, 0.29) is 13.0 Å². The van der Waals surface area contributed by atoms with Gasteiger partial charge in [-0.25, -0.2) is 13.8 Å². The number of aliphatic hydroxyl groups is 1. The number of unbranched alkanes of at least 4 members (excludes halogenated alkanes) is 1. The molecule has 0 saturated heterocycles.